The Bertz CT molecular complexity index is 766. The Morgan fingerprint density at radius 3 is 2.48 bits per heavy atom. The van der Waals surface area contributed by atoms with E-state index < -0.39 is 0 Å². The van der Waals surface area contributed by atoms with Gasteiger partial charge in [-0.2, -0.15) is 0 Å². The maximum Gasteiger partial charge on any atom is 0.244 e. The van der Waals surface area contributed by atoms with Gasteiger partial charge in [0.25, 0.3) is 0 Å². The van der Waals surface area contributed by atoms with Gasteiger partial charge in [0.2, 0.25) is 11.8 Å². The maximum absolute atomic E-state index is 12.1. The van der Waals surface area contributed by atoms with Crippen LogP contribution >= 0.6 is 0 Å². The van der Waals surface area contributed by atoms with E-state index in [1.165, 1.54) is 6.08 Å². The Morgan fingerprint density at radius 2 is 1.84 bits per heavy atom. The maximum atomic E-state index is 12.1. The zero-order valence-electron chi connectivity index (χ0n) is 14.3. The summed E-state index contributed by atoms with van der Waals surface area (Å²) in [6.45, 7) is 2.75. The lowest BCUT2D eigenvalue weighted by atomic mass is 10.1. The summed E-state index contributed by atoms with van der Waals surface area (Å²) < 4.78 is 0. The van der Waals surface area contributed by atoms with Crippen LogP contribution in [-0.4, -0.2) is 18.4 Å². The predicted molar refractivity (Wildman–Crippen MR) is 100 cm³/mol. The number of carbonyl (C=O) groups is 2. The van der Waals surface area contributed by atoms with Crippen LogP contribution in [0.3, 0.4) is 0 Å². The lowest BCUT2D eigenvalue weighted by molar-refractivity contribution is -0.117. The minimum atomic E-state index is -0.129. The smallest absolute Gasteiger partial charge is 0.244 e. The van der Waals surface area contributed by atoms with Gasteiger partial charge in [0.1, 0.15) is 0 Å². The number of anilines is 1. The number of hydrogen-bond donors (Lipinski definition) is 1. The van der Waals surface area contributed by atoms with Crippen LogP contribution in [0.1, 0.15) is 36.9 Å². The molecule has 2 amide bonds. The van der Waals surface area contributed by atoms with Crippen molar-refractivity contribution in [1.82, 2.24) is 5.32 Å². The number of benzene rings is 2. The van der Waals surface area contributed by atoms with Crippen LogP contribution in [0.5, 0.6) is 0 Å². The summed E-state index contributed by atoms with van der Waals surface area (Å²) in [5.74, 6) is 0.0488. The average Bonchev–Trinajstić information content (AvgIpc) is 3.07. The van der Waals surface area contributed by atoms with Crippen LogP contribution in [0.4, 0.5) is 5.69 Å². The van der Waals surface area contributed by atoms with E-state index in [2.05, 4.69) is 5.32 Å². The van der Waals surface area contributed by atoms with Crippen LogP contribution in [0.2, 0.25) is 0 Å². The highest BCUT2D eigenvalue weighted by Crippen LogP contribution is 2.21. The molecule has 4 nitrogen and oxygen atoms in total. The van der Waals surface area contributed by atoms with E-state index in [-0.39, 0.29) is 17.9 Å². The van der Waals surface area contributed by atoms with E-state index in [1.54, 1.807) is 6.08 Å². The van der Waals surface area contributed by atoms with Gasteiger partial charge in [-0.25, -0.2) is 0 Å². The summed E-state index contributed by atoms with van der Waals surface area (Å²) in [6, 6.07) is 17.5. The van der Waals surface area contributed by atoms with E-state index in [9.17, 15) is 9.59 Å². The monoisotopic (exact) mass is 334 g/mol. The topological polar surface area (TPSA) is 49.4 Å². The molecule has 1 saturated heterocycles. The summed E-state index contributed by atoms with van der Waals surface area (Å²) in [4.78, 5) is 25.6. The molecule has 0 aliphatic carbocycles. The molecule has 1 unspecified atom stereocenters. The molecule has 4 heteroatoms. The van der Waals surface area contributed by atoms with Gasteiger partial charge in [0.05, 0.1) is 6.04 Å². The summed E-state index contributed by atoms with van der Waals surface area (Å²) in [5.41, 5.74) is 2.92. The number of hydrogen-bond acceptors (Lipinski definition) is 2. The van der Waals surface area contributed by atoms with Gasteiger partial charge in [-0.3, -0.25) is 9.59 Å². The molecule has 1 fully saturated rings. The quantitative estimate of drug-likeness (QED) is 0.848. The Hall–Kier alpha value is -2.88. The molecule has 0 spiro atoms. The molecule has 2 aromatic carbocycles. The Kier molecular flexibility index (Phi) is 5.29. The zero-order valence-corrected chi connectivity index (χ0v) is 14.3. The summed E-state index contributed by atoms with van der Waals surface area (Å²) in [6.07, 6.45) is 4.86. The third kappa shape index (κ3) is 4.35. The largest absolute Gasteiger partial charge is 0.346 e. The van der Waals surface area contributed by atoms with Gasteiger partial charge in [-0.15, -0.1) is 0 Å². The average molecular weight is 334 g/mol. The SMILES string of the molecule is CC(NC(=O)C=Cc1ccc(N2CCCC2=O)cc1)c1ccccc1. The van der Waals surface area contributed by atoms with Crippen molar-refractivity contribution in [2.24, 2.45) is 0 Å². The minimum absolute atomic E-state index is 0.0399. The van der Waals surface area contributed by atoms with Crippen molar-refractivity contribution in [1.29, 1.82) is 0 Å². The lowest BCUT2D eigenvalue weighted by Crippen LogP contribution is -2.24. The van der Waals surface area contributed by atoms with E-state index >= 15 is 0 Å². The van der Waals surface area contributed by atoms with Crippen LogP contribution in [0.15, 0.2) is 60.7 Å². The molecule has 0 saturated carbocycles. The molecule has 0 aromatic heterocycles. The molecule has 0 radical (unpaired) electrons. The second-order valence-electron chi connectivity index (χ2n) is 6.21. The first kappa shape index (κ1) is 17.0. The van der Waals surface area contributed by atoms with Crippen LogP contribution < -0.4 is 10.2 Å². The van der Waals surface area contributed by atoms with Crippen molar-refractivity contribution >= 4 is 23.6 Å². The molecule has 25 heavy (non-hydrogen) atoms. The number of amides is 2. The first-order valence-corrected chi connectivity index (χ1v) is 8.57. The summed E-state index contributed by atoms with van der Waals surface area (Å²) in [5, 5.41) is 2.95. The fourth-order valence-corrected chi connectivity index (χ4v) is 2.94. The molecular formula is C21H22N2O2. The van der Waals surface area contributed by atoms with E-state index in [0.29, 0.717) is 6.42 Å². The third-order valence-electron chi connectivity index (χ3n) is 4.36. The van der Waals surface area contributed by atoms with Crippen molar-refractivity contribution in [3.05, 3.63) is 71.8 Å². The van der Waals surface area contributed by atoms with Gasteiger partial charge < -0.3 is 10.2 Å². The molecule has 1 aliphatic heterocycles. The summed E-state index contributed by atoms with van der Waals surface area (Å²) >= 11 is 0. The van der Waals surface area contributed by atoms with Gasteiger partial charge in [0.15, 0.2) is 0 Å². The number of nitrogens with zero attached hydrogens (tertiary/aromatic N) is 1. The summed E-state index contributed by atoms with van der Waals surface area (Å²) in [7, 11) is 0. The highest BCUT2D eigenvalue weighted by molar-refractivity contribution is 5.95. The van der Waals surface area contributed by atoms with E-state index in [4.69, 9.17) is 0 Å². The third-order valence-corrected chi connectivity index (χ3v) is 4.36. The van der Waals surface area contributed by atoms with Crippen LogP contribution in [-0.2, 0) is 9.59 Å². The van der Waals surface area contributed by atoms with Gasteiger partial charge >= 0.3 is 0 Å². The molecule has 2 aromatic rings. The molecule has 128 valence electrons. The Balaban J connectivity index is 1.58. The molecule has 1 aliphatic rings. The van der Waals surface area contributed by atoms with E-state index in [1.807, 2.05) is 66.4 Å². The van der Waals surface area contributed by atoms with E-state index in [0.717, 1.165) is 29.8 Å². The van der Waals surface area contributed by atoms with Gasteiger partial charge in [0, 0.05) is 24.7 Å². The normalized spacial score (nSPS) is 15.6. The highest BCUT2D eigenvalue weighted by atomic mass is 16.2. The first-order valence-electron chi connectivity index (χ1n) is 8.57. The fourth-order valence-electron chi connectivity index (χ4n) is 2.94. The van der Waals surface area contributed by atoms with Crippen LogP contribution in [0, 0.1) is 0 Å². The van der Waals surface area contributed by atoms with Gasteiger partial charge in [-0.1, -0.05) is 42.5 Å². The highest BCUT2D eigenvalue weighted by Gasteiger charge is 2.21. The molecule has 1 atom stereocenters. The standard InChI is InChI=1S/C21H22N2O2/c1-16(18-6-3-2-4-7-18)22-20(24)14-11-17-9-12-19(13-10-17)23-15-5-8-21(23)25/h2-4,6-7,9-14,16H,5,8,15H2,1H3,(H,22,24). The molecular weight excluding hydrogens is 312 g/mol. The Labute approximate surface area is 148 Å². The van der Waals surface area contributed by atoms with Crippen molar-refractivity contribution in [3.63, 3.8) is 0 Å². The molecule has 3 rings (SSSR count). The van der Waals surface area contributed by atoms with Gasteiger partial charge in [-0.05, 0) is 42.7 Å². The van der Waals surface area contributed by atoms with Crippen molar-refractivity contribution in [3.8, 4) is 0 Å². The predicted octanol–water partition coefficient (Wildman–Crippen LogP) is 3.70. The lowest BCUT2D eigenvalue weighted by Gasteiger charge is -2.15. The van der Waals surface area contributed by atoms with Crippen molar-refractivity contribution in [2.45, 2.75) is 25.8 Å². The van der Waals surface area contributed by atoms with Crippen LogP contribution in [0.25, 0.3) is 6.08 Å². The number of rotatable bonds is 5. The minimum Gasteiger partial charge on any atom is -0.346 e. The number of carbonyl (C=O) groups excluding carboxylic acids is 2. The Morgan fingerprint density at radius 1 is 1.12 bits per heavy atom. The first-order chi connectivity index (χ1) is 12.1. The fraction of sp³-hybridized carbons (Fsp3) is 0.238. The second-order valence-corrected chi connectivity index (χ2v) is 6.21. The van der Waals surface area contributed by atoms with Crippen molar-refractivity contribution in [2.75, 3.05) is 11.4 Å². The number of nitrogens with one attached hydrogen (secondary N) is 1. The molecule has 0 bridgehead atoms. The second kappa shape index (κ2) is 7.79. The zero-order chi connectivity index (χ0) is 17.6. The van der Waals surface area contributed by atoms with Crippen molar-refractivity contribution < 1.29 is 9.59 Å². The molecule has 1 heterocycles. The molecule has 1 N–H and O–H groups in total.